The Bertz CT molecular complexity index is 2910. The number of aromatic nitrogens is 3. The van der Waals surface area contributed by atoms with Gasteiger partial charge in [-0.3, -0.25) is 0 Å². The molecule has 11 rings (SSSR count). The molecule has 0 amide bonds. The van der Waals surface area contributed by atoms with Crippen LogP contribution in [0.25, 0.3) is 99.3 Å². The van der Waals surface area contributed by atoms with Crippen molar-refractivity contribution < 1.29 is 8.98 Å². The van der Waals surface area contributed by atoms with Crippen molar-refractivity contribution in [1.29, 1.82) is 0 Å². The van der Waals surface area contributed by atoms with E-state index in [-0.39, 0.29) is 0 Å². The van der Waals surface area contributed by atoms with Crippen LogP contribution in [0, 0.1) is 0 Å². The molecule has 7 aromatic carbocycles. The molecule has 46 heavy (non-hydrogen) atoms. The lowest BCUT2D eigenvalue weighted by atomic mass is 9.91. The Morgan fingerprint density at radius 1 is 0.522 bits per heavy atom. The number of furan rings is 1. The second kappa shape index (κ2) is 8.68. The summed E-state index contributed by atoms with van der Waals surface area (Å²) in [6, 6.07) is 49.6. The summed E-state index contributed by atoms with van der Waals surface area (Å²) in [5, 5.41) is 8.35. The van der Waals surface area contributed by atoms with Gasteiger partial charge in [0.25, 0.3) is 0 Å². The first-order valence-corrected chi connectivity index (χ1v) is 15.6. The largest absolute Gasteiger partial charge is 0.456 e. The zero-order valence-electron chi connectivity index (χ0n) is 24.6. The van der Waals surface area contributed by atoms with Gasteiger partial charge in [0.1, 0.15) is 27.9 Å². The van der Waals surface area contributed by atoms with E-state index in [1.807, 2.05) is 6.07 Å². The van der Waals surface area contributed by atoms with Crippen molar-refractivity contribution in [2.45, 2.75) is 0 Å². The van der Waals surface area contributed by atoms with Crippen molar-refractivity contribution in [3.8, 4) is 33.9 Å². The third-order valence-electron chi connectivity index (χ3n) is 9.76. The molecule has 0 fully saturated rings. The minimum atomic E-state index is 0.829. The van der Waals surface area contributed by atoms with Gasteiger partial charge >= 0.3 is 5.95 Å². The fraction of sp³-hybridized carbons (Fsp3) is 0. The van der Waals surface area contributed by atoms with E-state index in [2.05, 4.69) is 149 Å². The van der Waals surface area contributed by atoms with Gasteiger partial charge in [0.15, 0.2) is 5.52 Å². The smallest absolute Gasteiger partial charge is 0.409 e. The molecule has 0 spiro atoms. The highest BCUT2D eigenvalue weighted by molar-refractivity contribution is 6.33. The Morgan fingerprint density at radius 2 is 1.24 bits per heavy atom. The molecular formula is C42H24N3O+. The number of benzene rings is 7. The summed E-state index contributed by atoms with van der Waals surface area (Å²) in [5.74, 6) is 0.829. The second-order valence-electron chi connectivity index (χ2n) is 12.2. The molecule has 1 aliphatic rings. The van der Waals surface area contributed by atoms with Gasteiger partial charge in [0.05, 0.1) is 6.20 Å². The van der Waals surface area contributed by atoms with E-state index < -0.39 is 0 Å². The number of hydrogen-bond acceptors (Lipinski definition) is 2. The van der Waals surface area contributed by atoms with Gasteiger partial charge in [0.2, 0.25) is 0 Å². The number of rotatable bonds is 2. The third kappa shape index (κ3) is 3.03. The molecule has 1 aliphatic carbocycles. The van der Waals surface area contributed by atoms with Gasteiger partial charge < -0.3 is 4.42 Å². The van der Waals surface area contributed by atoms with Gasteiger partial charge in [-0.15, -0.1) is 0 Å². The maximum Gasteiger partial charge on any atom is 0.409 e. The van der Waals surface area contributed by atoms with Crippen LogP contribution in [0.2, 0.25) is 0 Å². The minimum absolute atomic E-state index is 0.829. The van der Waals surface area contributed by atoms with Crippen molar-refractivity contribution in [3.05, 3.63) is 146 Å². The molecule has 0 saturated heterocycles. The zero-order chi connectivity index (χ0) is 29.9. The van der Waals surface area contributed by atoms with Crippen LogP contribution in [0.5, 0.6) is 0 Å². The summed E-state index contributed by atoms with van der Waals surface area (Å²) in [7, 11) is 0. The van der Waals surface area contributed by atoms with Crippen molar-refractivity contribution in [3.63, 3.8) is 0 Å². The SMILES string of the molecule is c1ccc(-[n+]2cc3ccccc3nc2-n2c3cccc4c3c3c(c5c(cc32)oc2ccccc25)-c2cccc3cccc-4c23)cc1. The molecule has 0 radical (unpaired) electrons. The van der Waals surface area contributed by atoms with Crippen LogP contribution in [0.1, 0.15) is 0 Å². The Hall–Kier alpha value is -6.26. The highest BCUT2D eigenvalue weighted by Gasteiger charge is 2.32. The molecule has 0 aliphatic heterocycles. The average molecular weight is 587 g/mol. The summed E-state index contributed by atoms with van der Waals surface area (Å²) < 4.78 is 11.2. The van der Waals surface area contributed by atoms with E-state index in [4.69, 9.17) is 9.40 Å². The van der Waals surface area contributed by atoms with Crippen LogP contribution in [-0.4, -0.2) is 9.55 Å². The molecule has 3 heterocycles. The summed E-state index contributed by atoms with van der Waals surface area (Å²) in [6.45, 7) is 0. The summed E-state index contributed by atoms with van der Waals surface area (Å²) in [6.07, 6.45) is 2.21. The quantitative estimate of drug-likeness (QED) is 0.189. The van der Waals surface area contributed by atoms with Crippen LogP contribution in [0.3, 0.4) is 0 Å². The molecule has 0 atom stereocenters. The molecule has 0 saturated carbocycles. The van der Waals surface area contributed by atoms with Crippen LogP contribution < -0.4 is 4.57 Å². The third-order valence-corrected chi connectivity index (χ3v) is 9.76. The maximum atomic E-state index is 6.68. The lowest BCUT2D eigenvalue weighted by Gasteiger charge is -2.13. The lowest BCUT2D eigenvalue weighted by molar-refractivity contribution is -0.591. The Balaban J connectivity index is 1.43. The molecule has 0 N–H and O–H groups in total. The van der Waals surface area contributed by atoms with Crippen molar-refractivity contribution >= 4 is 65.4 Å². The van der Waals surface area contributed by atoms with Crippen molar-refractivity contribution in [2.75, 3.05) is 0 Å². The van der Waals surface area contributed by atoms with E-state index in [0.29, 0.717) is 0 Å². The Kier molecular flexibility index (Phi) is 4.55. The molecule has 3 aromatic heterocycles. The minimum Gasteiger partial charge on any atom is -0.456 e. The Labute approximate surface area is 263 Å². The topological polar surface area (TPSA) is 34.8 Å². The second-order valence-corrected chi connectivity index (χ2v) is 12.2. The predicted molar refractivity (Wildman–Crippen MR) is 187 cm³/mol. The first-order chi connectivity index (χ1) is 22.8. The summed E-state index contributed by atoms with van der Waals surface area (Å²) >= 11 is 0. The van der Waals surface area contributed by atoms with Gasteiger partial charge in [-0.25, -0.2) is 4.57 Å². The zero-order valence-corrected chi connectivity index (χ0v) is 24.6. The van der Waals surface area contributed by atoms with Crippen LogP contribution in [0.4, 0.5) is 0 Å². The molecule has 0 unspecified atom stereocenters. The molecule has 4 nitrogen and oxygen atoms in total. The van der Waals surface area contributed by atoms with E-state index in [0.717, 1.165) is 55.5 Å². The summed E-state index contributed by atoms with van der Waals surface area (Å²) in [4.78, 5) is 5.40. The van der Waals surface area contributed by atoms with Crippen molar-refractivity contribution in [2.24, 2.45) is 0 Å². The number of hydrogen-bond donors (Lipinski definition) is 0. The van der Waals surface area contributed by atoms with Crippen LogP contribution in [-0.2, 0) is 0 Å². The molecular weight excluding hydrogens is 562 g/mol. The van der Waals surface area contributed by atoms with E-state index >= 15 is 0 Å². The van der Waals surface area contributed by atoms with Crippen LogP contribution in [0.15, 0.2) is 150 Å². The fourth-order valence-electron chi connectivity index (χ4n) is 7.90. The standard InChI is InChI=1S/C42H24N3O/c1-2-14-27(15-3-1)44-24-26-11-4-6-20-32(26)43-42(44)45-33-21-10-18-29-28-17-8-12-25-13-9-19-31(37(25)28)40-39-30-16-5-7-22-35(30)46-36(39)23-34(45)41(40)38(29)33/h1-24H/q+1. The Morgan fingerprint density at radius 3 is 2.13 bits per heavy atom. The van der Waals surface area contributed by atoms with Gasteiger partial charge in [-0.2, -0.15) is 4.57 Å². The van der Waals surface area contributed by atoms with E-state index in [9.17, 15) is 0 Å². The highest BCUT2D eigenvalue weighted by Crippen LogP contribution is 2.53. The van der Waals surface area contributed by atoms with E-state index in [1.165, 1.54) is 43.8 Å². The van der Waals surface area contributed by atoms with Gasteiger partial charge in [-0.1, -0.05) is 102 Å². The molecule has 10 aromatic rings. The lowest BCUT2D eigenvalue weighted by Crippen LogP contribution is -2.37. The first kappa shape index (κ1) is 24.1. The predicted octanol–water partition coefficient (Wildman–Crippen LogP) is 10.3. The maximum absolute atomic E-state index is 6.68. The molecule has 0 bridgehead atoms. The van der Waals surface area contributed by atoms with Crippen molar-refractivity contribution in [1.82, 2.24) is 9.55 Å². The fourth-order valence-corrected chi connectivity index (χ4v) is 7.90. The summed E-state index contributed by atoms with van der Waals surface area (Å²) in [5.41, 5.74) is 10.9. The average Bonchev–Trinajstić information content (AvgIpc) is 3.61. The van der Waals surface area contributed by atoms with Gasteiger partial charge in [-0.05, 0) is 63.9 Å². The number of para-hydroxylation sites is 3. The normalized spacial score (nSPS) is 12.3. The number of nitrogens with zero attached hydrogens (tertiary/aromatic N) is 3. The monoisotopic (exact) mass is 586 g/mol. The number of fused-ring (bicyclic) bond motifs is 7. The molecule has 4 heteroatoms. The van der Waals surface area contributed by atoms with Crippen LogP contribution >= 0.6 is 0 Å². The highest BCUT2D eigenvalue weighted by atomic mass is 16.3. The van der Waals surface area contributed by atoms with Gasteiger partial charge in [0, 0.05) is 38.6 Å². The van der Waals surface area contributed by atoms with E-state index in [1.54, 1.807) is 0 Å². The molecule has 212 valence electrons. The first-order valence-electron chi connectivity index (χ1n) is 15.6.